The molecule has 0 fully saturated rings. The number of hydrogen-bond donors (Lipinski definition) is 0. The summed E-state index contributed by atoms with van der Waals surface area (Å²) >= 11 is 3.68. The van der Waals surface area contributed by atoms with Crippen LogP contribution in [-0.4, -0.2) is 0 Å². The van der Waals surface area contributed by atoms with Crippen LogP contribution in [0.2, 0.25) is 0 Å². The SMILES string of the molecule is CC[n+]1ccc2cc(-c3cccs3)sc2c1.[Br-]. The predicted molar refractivity (Wildman–Crippen MR) is 71.0 cm³/mol. The van der Waals surface area contributed by atoms with E-state index in [1.165, 1.54) is 19.8 Å². The molecule has 4 heteroatoms. The van der Waals surface area contributed by atoms with Crippen molar-refractivity contribution in [3.05, 3.63) is 42.0 Å². The number of halogens is 1. The van der Waals surface area contributed by atoms with Crippen LogP contribution in [0.5, 0.6) is 0 Å². The minimum atomic E-state index is 0. The zero-order chi connectivity index (χ0) is 11.0. The van der Waals surface area contributed by atoms with Crippen molar-refractivity contribution < 1.29 is 21.5 Å². The average molecular weight is 326 g/mol. The molecule has 0 aliphatic heterocycles. The normalized spacial score (nSPS) is 10.4. The number of hydrogen-bond acceptors (Lipinski definition) is 2. The maximum Gasteiger partial charge on any atom is 0.186 e. The number of aryl methyl sites for hydroxylation is 1. The summed E-state index contributed by atoms with van der Waals surface area (Å²) in [6, 6.07) is 8.78. The second-order valence-corrected chi connectivity index (χ2v) is 5.71. The Morgan fingerprint density at radius 3 is 2.82 bits per heavy atom. The Morgan fingerprint density at radius 1 is 1.24 bits per heavy atom. The topological polar surface area (TPSA) is 3.88 Å². The summed E-state index contributed by atoms with van der Waals surface area (Å²) in [5.74, 6) is 0. The second kappa shape index (κ2) is 5.29. The van der Waals surface area contributed by atoms with E-state index < -0.39 is 0 Å². The molecular formula is C13H12BrNS2. The standard InChI is InChI=1S/C13H12NS2.BrH/c1-2-14-6-5-10-8-12(16-13(10)9-14)11-4-3-7-15-11;/h3-9H,2H2,1H3;1H/q+1;/p-1. The number of fused-ring (bicyclic) bond motifs is 1. The first kappa shape index (κ1) is 12.7. The molecular weight excluding hydrogens is 314 g/mol. The number of aromatic nitrogens is 1. The zero-order valence-corrected chi connectivity index (χ0v) is 12.6. The molecule has 3 aromatic heterocycles. The number of nitrogens with zero attached hydrogens (tertiary/aromatic N) is 1. The molecule has 17 heavy (non-hydrogen) atoms. The molecule has 3 rings (SSSR count). The molecule has 0 bridgehead atoms. The van der Waals surface area contributed by atoms with Crippen LogP contribution < -0.4 is 21.5 Å². The Hall–Kier alpha value is -0.710. The van der Waals surface area contributed by atoms with E-state index in [0.29, 0.717) is 0 Å². The lowest BCUT2D eigenvalue weighted by molar-refractivity contribution is -0.692. The van der Waals surface area contributed by atoms with E-state index in [0.717, 1.165) is 6.54 Å². The molecule has 3 heterocycles. The molecule has 0 unspecified atom stereocenters. The largest absolute Gasteiger partial charge is 1.00 e. The van der Waals surface area contributed by atoms with Crippen molar-refractivity contribution in [3.63, 3.8) is 0 Å². The van der Waals surface area contributed by atoms with Crippen molar-refractivity contribution >= 4 is 32.8 Å². The quantitative estimate of drug-likeness (QED) is 0.617. The van der Waals surface area contributed by atoms with Gasteiger partial charge in [-0.05, 0) is 24.4 Å². The van der Waals surface area contributed by atoms with Crippen LogP contribution in [0, 0.1) is 0 Å². The second-order valence-electron chi connectivity index (χ2n) is 3.68. The summed E-state index contributed by atoms with van der Waals surface area (Å²) in [5, 5.41) is 3.48. The third kappa shape index (κ3) is 2.44. The first-order valence-corrected chi connectivity index (χ1v) is 7.03. The van der Waals surface area contributed by atoms with Crippen LogP contribution in [-0.2, 0) is 6.54 Å². The maximum absolute atomic E-state index is 2.28. The first-order chi connectivity index (χ1) is 7.86. The minimum Gasteiger partial charge on any atom is -1.00 e. The van der Waals surface area contributed by atoms with Gasteiger partial charge in [0.2, 0.25) is 0 Å². The third-order valence-electron chi connectivity index (χ3n) is 2.65. The monoisotopic (exact) mass is 325 g/mol. The molecule has 0 aromatic carbocycles. The Bertz CT molecular complexity index is 613. The molecule has 0 aliphatic carbocycles. The summed E-state index contributed by atoms with van der Waals surface area (Å²) in [7, 11) is 0. The van der Waals surface area contributed by atoms with Gasteiger partial charge in [-0.15, -0.1) is 22.7 Å². The smallest absolute Gasteiger partial charge is 0.186 e. The van der Waals surface area contributed by atoms with Gasteiger partial charge in [0.15, 0.2) is 12.4 Å². The summed E-state index contributed by atoms with van der Waals surface area (Å²) in [4.78, 5) is 2.74. The zero-order valence-electron chi connectivity index (χ0n) is 9.39. The molecule has 0 saturated heterocycles. The van der Waals surface area contributed by atoms with Gasteiger partial charge in [-0.1, -0.05) is 6.07 Å². The van der Waals surface area contributed by atoms with Crippen LogP contribution in [0.3, 0.4) is 0 Å². The number of pyridine rings is 1. The van der Waals surface area contributed by atoms with Gasteiger partial charge in [0.05, 0.1) is 4.70 Å². The van der Waals surface area contributed by atoms with Gasteiger partial charge in [-0.2, -0.15) is 0 Å². The highest BCUT2D eigenvalue weighted by molar-refractivity contribution is 7.25. The van der Waals surface area contributed by atoms with Crippen molar-refractivity contribution in [1.82, 2.24) is 0 Å². The number of rotatable bonds is 2. The molecule has 1 nitrogen and oxygen atoms in total. The molecule has 0 amide bonds. The summed E-state index contributed by atoms with van der Waals surface area (Å²) in [5.41, 5.74) is 0. The lowest BCUT2D eigenvalue weighted by Gasteiger charge is -1.89. The minimum absolute atomic E-state index is 0. The van der Waals surface area contributed by atoms with Gasteiger partial charge in [-0.25, -0.2) is 4.57 Å². The fourth-order valence-electron chi connectivity index (χ4n) is 1.76. The van der Waals surface area contributed by atoms with Gasteiger partial charge in [-0.3, -0.25) is 0 Å². The Balaban J connectivity index is 0.00000108. The summed E-state index contributed by atoms with van der Waals surface area (Å²) in [6.45, 7) is 3.20. The highest BCUT2D eigenvalue weighted by Gasteiger charge is 2.08. The molecule has 0 aliphatic rings. The van der Waals surface area contributed by atoms with Crippen LogP contribution >= 0.6 is 22.7 Å². The van der Waals surface area contributed by atoms with Crippen molar-refractivity contribution in [2.24, 2.45) is 0 Å². The van der Waals surface area contributed by atoms with E-state index in [-0.39, 0.29) is 17.0 Å². The molecule has 3 aromatic rings. The van der Waals surface area contributed by atoms with Crippen molar-refractivity contribution in [3.8, 4) is 9.75 Å². The van der Waals surface area contributed by atoms with Crippen LogP contribution in [0.15, 0.2) is 42.0 Å². The molecule has 0 radical (unpaired) electrons. The van der Waals surface area contributed by atoms with E-state index in [1.54, 1.807) is 11.3 Å². The van der Waals surface area contributed by atoms with Crippen molar-refractivity contribution in [2.45, 2.75) is 13.5 Å². The molecule has 0 N–H and O–H groups in total. The average Bonchev–Trinajstić information content (AvgIpc) is 2.96. The van der Waals surface area contributed by atoms with Gasteiger partial charge in [0.1, 0.15) is 6.54 Å². The van der Waals surface area contributed by atoms with Crippen LogP contribution in [0.1, 0.15) is 6.92 Å². The van der Waals surface area contributed by atoms with E-state index in [9.17, 15) is 0 Å². The Labute approximate surface area is 119 Å². The maximum atomic E-state index is 2.28. The molecule has 0 saturated carbocycles. The van der Waals surface area contributed by atoms with Crippen molar-refractivity contribution in [2.75, 3.05) is 0 Å². The van der Waals surface area contributed by atoms with E-state index in [4.69, 9.17) is 0 Å². The van der Waals surface area contributed by atoms with Crippen LogP contribution in [0.4, 0.5) is 0 Å². The van der Waals surface area contributed by atoms with E-state index in [2.05, 4.69) is 53.5 Å². The molecule has 0 spiro atoms. The predicted octanol–water partition coefficient (Wildman–Crippen LogP) is 0.941. The fraction of sp³-hybridized carbons (Fsp3) is 0.154. The molecule has 0 atom stereocenters. The summed E-state index contributed by atoms with van der Waals surface area (Å²) < 4.78 is 3.59. The number of thiophene rings is 2. The van der Waals surface area contributed by atoms with E-state index in [1.807, 2.05) is 11.3 Å². The first-order valence-electron chi connectivity index (χ1n) is 5.33. The highest BCUT2D eigenvalue weighted by atomic mass is 79.9. The van der Waals surface area contributed by atoms with Gasteiger partial charge in [0.25, 0.3) is 0 Å². The Morgan fingerprint density at radius 2 is 2.12 bits per heavy atom. The van der Waals surface area contributed by atoms with E-state index >= 15 is 0 Å². The van der Waals surface area contributed by atoms with Crippen molar-refractivity contribution in [1.29, 1.82) is 0 Å². The highest BCUT2D eigenvalue weighted by Crippen LogP contribution is 2.34. The lowest BCUT2D eigenvalue weighted by Crippen LogP contribution is -3.00. The Kier molecular flexibility index (Phi) is 3.97. The molecule has 88 valence electrons. The van der Waals surface area contributed by atoms with Gasteiger partial charge in [0, 0.05) is 21.2 Å². The van der Waals surface area contributed by atoms with Gasteiger partial charge >= 0.3 is 0 Å². The van der Waals surface area contributed by atoms with Gasteiger partial charge < -0.3 is 17.0 Å². The summed E-state index contributed by atoms with van der Waals surface area (Å²) in [6.07, 6.45) is 4.38. The third-order valence-corrected chi connectivity index (χ3v) is 4.80. The fourth-order valence-corrected chi connectivity index (χ4v) is 3.69. The lowest BCUT2D eigenvalue weighted by atomic mass is 10.3. The van der Waals surface area contributed by atoms with Crippen LogP contribution in [0.25, 0.3) is 19.8 Å².